The Morgan fingerprint density at radius 2 is 1.86 bits per heavy atom. The highest BCUT2D eigenvalue weighted by atomic mass is 35.5. The van der Waals surface area contributed by atoms with Crippen LogP contribution in [0.1, 0.15) is 22.4 Å². The number of nitrogens with one attached hydrogen (secondary N) is 2. The molecule has 1 aromatic heterocycles. The van der Waals surface area contributed by atoms with Crippen LogP contribution in [0.3, 0.4) is 0 Å². The minimum Gasteiger partial charge on any atom is -0.481 e. The van der Waals surface area contributed by atoms with Gasteiger partial charge in [0, 0.05) is 31.9 Å². The number of aromatic nitrogens is 1. The van der Waals surface area contributed by atoms with Crippen molar-refractivity contribution in [1.29, 1.82) is 0 Å². The highest BCUT2D eigenvalue weighted by Crippen LogP contribution is 2.56. The van der Waals surface area contributed by atoms with E-state index in [4.69, 9.17) is 38.7 Å². The van der Waals surface area contributed by atoms with Gasteiger partial charge in [0.15, 0.2) is 0 Å². The number of aryl methyl sites for hydroxylation is 1. The van der Waals surface area contributed by atoms with Crippen molar-refractivity contribution in [2.45, 2.75) is 22.3 Å². The standard InChI is InChI=1S/C25H24Cl2N4O2S2/c1-13-11-19(34-3)20(23(29-13)35-4)25(15-7-5-6-8-17(15)27)16-12-14(26)9-10-18(16)30-22(33-2)21(25)31-24(28)32/h5-12,30H,1-4H3,(H3,28,31,32). The SMILES string of the molecule is COC1=C(NC(N)=O)C(c2ccccc2Cl)(c2c(SC)cc(C)nc2SC)c2cc(Cl)ccc2N1. The lowest BCUT2D eigenvalue weighted by molar-refractivity contribution is 0.246. The van der Waals surface area contributed by atoms with Crippen LogP contribution < -0.4 is 16.4 Å². The number of carbonyl (C=O) groups is 1. The fraction of sp³-hybridized carbons (Fsp3) is 0.200. The van der Waals surface area contributed by atoms with Gasteiger partial charge in [-0.25, -0.2) is 9.78 Å². The predicted molar refractivity (Wildman–Crippen MR) is 146 cm³/mol. The lowest BCUT2D eigenvalue weighted by Crippen LogP contribution is -2.47. The number of methoxy groups -OCH3 is 1. The lowest BCUT2D eigenvalue weighted by atomic mass is 9.65. The van der Waals surface area contributed by atoms with Crippen molar-refractivity contribution >= 4 is 58.4 Å². The van der Waals surface area contributed by atoms with E-state index in [0.29, 0.717) is 21.6 Å². The van der Waals surface area contributed by atoms with E-state index in [1.165, 1.54) is 18.9 Å². The van der Waals surface area contributed by atoms with Crippen LogP contribution >= 0.6 is 46.7 Å². The van der Waals surface area contributed by atoms with Gasteiger partial charge in [-0.1, -0.05) is 41.4 Å². The van der Waals surface area contributed by atoms with Crippen LogP contribution in [0.5, 0.6) is 0 Å². The van der Waals surface area contributed by atoms with Crippen LogP contribution in [-0.2, 0) is 10.2 Å². The minimum atomic E-state index is -1.17. The number of pyridine rings is 1. The molecule has 2 heterocycles. The van der Waals surface area contributed by atoms with Crippen LogP contribution in [0, 0.1) is 6.92 Å². The Morgan fingerprint density at radius 1 is 1.11 bits per heavy atom. The molecular weight excluding hydrogens is 523 g/mol. The van der Waals surface area contributed by atoms with Gasteiger partial charge >= 0.3 is 6.03 Å². The van der Waals surface area contributed by atoms with E-state index < -0.39 is 11.4 Å². The van der Waals surface area contributed by atoms with Crippen LogP contribution in [-0.4, -0.2) is 30.6 Å². The summed E-state index contributed by atoms with van der Waals surface area (Å²) in [4.78, 5) is 18.3. The Hall–Kier alpha value is -2.52. The molecule has 1 atom stereocenters. The summed E-state index contributed by atoms with van der Waals surface area (Å²) in [6, 6.07) is 14.3. The minimum absolute atomic E-state index is 0.332. The van der Waals surface area contributed by atoms with E-state index in [-0.39, 0.29) is 0 Å². The monoisotopic (exact) mass is 546 g/mol. The molecule has 4 rings (SSSR count). The number of carbonyl (C=O) groups excluding carboxylic acids is 1. The second-order valence-corrected chi connectivity index (χ2v) is 10.3. The van der Waals surface area contributed by atoms with Gasteiger partial charge in [0.05, 0.1) is 18.2 Å². The van der Waals surface area contributed by atoms with Crippen molar-refractivity contribution in [2.75, 3.05) is 24.9 Å². The van der Waals surface area contributed by atoms with E-state index >= 15 is 0 Å². The molecule has 3 aromatic rings. The molecule has 35 heavy (non-hydrogen) atoms. The molecule has 2 aromatic carbocycles. The Labute approximate surface area is 223 Å². The molecule has 4 N–H and O–H groups in total. The number of nitrogens with two attached hydrogens (primary N) is 1. The van der Waals surface area contributed by atoms with Gasteiger partial charge in [-0.05, 0) is 60.9 Å². The number of halogens is 2. The average molecular weight is 548 g/mol. The number of hydrogen-bond donors (Lipinski definition) is 3. The average Bonchev–Trinajstić information content (AvgIpc) is 2.84. The van der Waals surface area contributed by atoms with Crippen molar-refractivity contribution in [3.05, 3.63) is 92.5 Å². The van der Waals surface area contributed by atoms with Crippen LogP contribution in [0.2, 0.25) is 10.0 Å². The van der Waals surface area contributed by atoms with E-state index in [1.54, 1.807) is 17.8 Å². The van der Waals surface area contributed by atoms with Crippen molar-refractivity contribution < 1.29 is 9.53 Å². The zero-order valence-corrected chi connectivity index (χ0v) is 22.7. The molecule has 2 amide bonds. The number of primary amides is 1. The highest BCUT2D eigenvalue weighted by molar-refractivity contribution is 7.99. The van der Waals surface area contributed by atoms with Crippen LogP contribution in [0.15, 0.2) is 70.0 Å². The molecule has 0 aliphatic carbocycles. The summed E-state index contributed by atoms with van der Waals surface area (Å²) < 4.78 is 5.79. The first kappa shape index (κ1) is 25.6. The Morgan fingerprint density at radius 3 is 2.49 bits per heavy atom. The topological polar surface area (TPSA) is 89.3 Å². The Kier molecular flexibility index (Phi) is 7.47. The summed E-state index contributed by atoms with van der Waals surface area (Å²) in [5.41, 5.74) is 8.92. The first-order chi connectivity index (χ1) is 16.8. The molecule has 1 aliphatic heterocycles. The molecule has 0 saturated heterocycles. The fourth-order valence-electron chi connectivity index (χ4n) is 4.56. The van der Waals surface area contributed by atoms with Gasteiger partial charge in [-0.3, -0.25) is 0 Å². The number of rotatable bonds is 6. The van der Waals surface area contributed by atoms with Gasteiger partial charge in [-0.2, -0.15) is 0 Å². The van der Waals surface area contributed by atoms with Gasteiger partial charge in [0.1, 0.15) is 5.03 Å². The molecule has 0 fully saturated rings. The summed E-state index contributed by atoms with van der Waals surface area (Å²) >= 11 is 16.6. The van der Waals surface area contributed by atoms with Crippen LogP contribution in [0.4, 0.5) is 10.5 Å². The summed E-state index contributed by atoms with van der Waals surface area (Å²) in [7, 11) is 1.53. The number of nitrogens with zero attached hydrogens (tertiary/aromatic N) is 1. The van der Waals surface area contributed by atoms with E-state index in [9.17, 15) is 4.79 Å². The second kappa shape index (κ2) is 10.2. The number of amides is 2. The number of urea groups is 1. The van der Waals surface area contributed by atoms with Gasteiger partial charge in [-0.15, -0.1) is 23.5 Å². The normalized spacial score (nSPS) is 17.0. The number of fused-ring (bicyclic) bond motifs is 1. The third-order valence-corrected chi connectivity index (χ3v) is 7.84. The fourth-order valence-corrected chi connectivity index (χ4v) is 6.52. The highest BCUT2D eigenvalue weighted by Gasteiger charge is 2.51. The maximum atomic E-state index is 12.4. The second-order valence-electron chi connectivity index (χ2n) is 7.79. The van der Waals surface area contributed by atoms with Gasteiger partial charge in [0.2, 0.25) is 5.88 Å². The molecule has 1 unspecified atom stereocenters. The van der Waals surface area contributed by atoms with E-state index in [0.717, 1.165) is 38.0 Å². The van der Waals surface area contributed by atoms with Crippen molar-refractivity contribution in [3.8, 4) is 0 Å². The molecule has 182 valence electrons. The molecular formula is C25H24Cl2N4O2S2. The first-order valence-corrected chi connectivity index (χ1v) is 13.8. The smallest absolute Gasteiger partial charge is 0.316 e. The molecule has 0 bridgehead atoms. The number of thioether (sulfide) groups is 2. The quantitative estimate of drug-likeness (QED) is 0.310. The predicted octanol–water partition coefficient (Wildman–Crippen LogP) is 6.38. The van der Waals surface area contributed by atoms with Crippen LogP contribution in [0.25, 0.3) is 0 Å². The zero-order valence-electron chi connectivity index (χ0n) is 19.5. The van der Waals surface area contributed by atoms with Crippen molar-refractivity contribution in [2.24, 2.45) is 5.73 Å². The first-order valence-electron chi connectivity index (χ1n) is 10.5. The third kappa shape index (κ3) is 4.33. The summed E-state index contributed by atoms with van der Waals surface area (Å²) in [5.74, 6) is 0.332. The van der Waals surface area contributed by atoms with E-state index in [2.05, 4.69) is 10.6 Å². The maximum Gasteiger partial charge on any atom is 0.316 e. The largest absolute Gasteiger partial charge is 0.481 e. The molecule has 0 saturated carbocycles. The molecule has 0 spiro atoms. The number of anilines is 1. The molecule has 6 nitrogen and oxygen atoms in total. The Balaban J connectivity index is 2.34. The molecule has 10 heteroatoms. The van der Waals surface area contributed by atoms with Crippen molar-refractivity contribution in [1.82, 2.24) is 10.3 Å². The number of benzene rings is 2. The number of ether oxygens (including phenoxy) is 1. The zero-order chi connectivity index (χ0) is 25.3. The number of allylic oxidation sites excluding steroid dienone is 1. The Bertz CT molecular complexity index is 1320. The number of hydrogen-bond acceptors (Lipinski definition) is 6. The molecule has 0 radical (unpaired) electrons. The lowest BCUT2D eigenvalue weighted by Gasteiger charge is -2.44. The molecule has 1 aliphatic rings. The summed E-state index contributed by atoms with van der Waals surface area (Å²) in [6.07, 6.45) is 3.97. The van der Waals surface area contributed by atoms with E-state index in [1.807, 2.05) is 61.9 Å². The third-order valence-electron chi connectivity index (χ3n) is 5.83. The van der Waals surface area contributed by atoms with Crippen molar-refractivity contribution in [3.63, 3.8) is 0 Å². The van der Waals surface area contributed by atoms with Gasteiger partial charge < -0.3 is 21.1 Å². The summed E-state index contributed by atoms with van der Waals surface area (Å²) in [6.45, 7) is 1.96. The summed E-state index contributed by atoms with van der Waals surface area (Å²) in [5, 5.41) is 7.94. The maximum absolute atomic E-state index is 12.4. The van der Waals surface area contributed by atoms with Gasteiger partial charge in [0.25, 0.3) is 0 Å².